The minimum absolute atomic E-state index is 0. The van der Waals surface area contributed by atoms with Gasteiger partial charge in [-0.3, -0.25) is 4.79 Å². The third kappa shape index (κ3) is 4.62. The van der Waals surface area contributed by atoms with Crippen LogP contribution < -0.4 is 35.3 Å². The number of carboxylic acid groups (broad SMARTS) is 1. The second-order valence-corrected chi connectivity index (χ2v) is 2.99. The molecule has 13 heavy (non-hydrogen) atoms. The van der Waals surface area contributed by atoms with E-state index in [0.29, 0.717) is 12.3 Å². The number of hydrogen-bond donors (Lipinski definition) is 2. The summed E-state index contributed by atoms with van der Waals surface area (Å²) in [5.41, 5.74) is 5.39. The van der Waals surface area contributed by atoms with Gasteiger partial charge in [0.1, 0.15) is 6.04 Å². The predicted molar refractivity (Wildman–Crippen MR) is 47.7 cm³/mol. The molecule has 0 aromatic heterocycles. The third-order valence-corrected chi connectivity index (χ3v) is 1.94. The third-order valence-electron chi connectivity index (χ3n) is 1.94. The molecule has 1 rings (SSSR count). The van der Waals surface area contributed by atoms with Crippen molar-refractivity contribution in [1.82, 2.24) is 0 Å². The van der Waals surface area contributed by atoms with E-state index in [1.54, 1.807) is 0 Å². The molecule has 2 unspecified atom stereocenters. The van der Waals surface area contributed by atoms with E-state index in [-0.39, 0.29) is 31.0 Å². The zero-order valence-electron chi connectivity index (χ0n) is 8.81. The molecule has 4 heteroatoms. The van der Waals surface area contributed by atoms with Crippen LogP contribution in [-0.2, 0) is 4.79 Å². The molecule has 0 spiro atoms. The van der Waals surface area contributed by atoms with Crippen LogP contribution in [0.25, 0.3) is 0 Å². The zero-order chi connectivity index (χ0) is 8.97. The van der Waals surface area contributed by atoms with Gasteiger partial charge in [-0.15, -0.1) is 0 Å². The number of allylic oxidation sites excluding steroid dienone is 4. The number of carbonyl (C=O) groups is 1. The molecule has 3 N–H and O–H groups in total. The fraction of sp³-hybridized carbons (Fsp3) is 0.444. The van der Waals surface area contributed by atoms with Gasteiger partial charge in [-0.25, -0.2) is 0 Å². The van der Waals surface area contributed by atoms with Crippen molar-refractivity contribution in [2.75, 3.05) is 0 Å². The maximum absolute atomic E-state index is 10.4. The summed E-state index contributed by atoms with van der Waals surface area (Å²) in [5.74, 6) is -0.626. The van der Waals surface area contributed by atoms with Gasteiger partial charge in [0.05, 0.1) is 0 Å². The number of aliphatic carboxylic acids is 1. The smallest absolute Gasteiger partial charge is 1.00 e. The van der Waals surface area contributed by atoms with Crippen molar-refractivity contribution in [2.45, 2.75) is 18.9 Å². The molecule has 0 aliphatic heterocycles. The SMILES string of the molecule is NC(CC1C=CC=CC1)C(=O)O.[H-].[Na+]. The van der Waals surface area contributed by atoms with Crippen molar-refractivity contribution in [1.29, 1.82) is 0 Å². The summed E-state index contributed by atoms with van der Waals surface area (Å²) < 4.78 is 0. The first-order valence-electron chi connectivity index (χ1n) is 4.02. The molecule has 1 aliphatic rings. The van der Waals surface area contributed by atoms with Crippen LogP contribution >= 0.6 is 0 Å². The minimum Gasteiger partial charge on any atom is -1.00 e. The van der Waals surface area contributed by atoms with E-state index >= 15 is 0 Å². The summed E-state index contributed by atoms with van der Waals surface area (Å²) in [6.45, 7) is 0. The Kier molecular flexibility index (Phi) is 6.33. The van der Waals surface area contributed by atoms with Crippen LogP contribution in [0.1, 0.15) is 14.3 Å². The van der Waals surface area contributed by atoms with Gasteiger partial charge < -0.3 is 12.3 Å². The maximum Gasteiger partial charge on any atom is 1.00 e. The van der Waals surface area contributed by atoms with Crippen LogP contribution in [-0.4, -0.2) is 17.1 Å². The summed E-state index contributed by atoms with van der Waals surface area (Å²) in [4.78, 5) is 10.4. The average molecular weight is 191 g/mol. The Labute approximate surface area is 101 Å². The van der Waals surface area contributed by atoms with E-state index in [9.17, 15) is 4.79 Å². The fourth-order valence-corrected chi connectivity index (χ4v) is 1.23. The number of rotatable bonds is 3. The number of carboxylic acids is 1. The van der Waals surface area contributed by atoms with Gasteiger partial charge >= 0.3 is 35.5 Å². The van der Waals surface area contributed by atoms with Crippen molar-refractivity contribution in [3.63, 3.8) is 0 Å². The first-order valence-corrected chi connectivity index (χ1v) is 4.02. The van der Waals surface area contributed by atoms with Crippen LogP contribution in [0.3, 0.4) is 0 Å². The van der Waals surface area contributed by atoms with Crippen LogP contribution in [0.4, 0.5) is 0 Å². The predicted octanol–water partition coefficient (Wildman–Crippen LogP) is -1.96. The Morgan fingerprint density at radius 1 is 1.69 bits per heavy atom. The topological polar surface area (TPSA) is 63.3 Å². The second kappa shape index (κ2) is 6.38. The van der Waals surface area contributed by atoms with Gasteiger partial charge in [0.15, 0.2) is 0 Å². The molecule has 0 saturated heterocycles. The van der Waals surface area contributed by atoms with Gasteiger partial charge in [-0.2, -0.15) is 0 Å². The van der Waals surface area contributed by atoms with E-state index in [2.05, 4.69) is 0 Å². The van der Waals surface area contributed by atoms with Gasteiger partial charge in [0.25, 0.3) is 0 Å². The van der Waals surface area contributed by atoms with E-state index in [1.807, 2.05) is 24.3 Å². The molecule has 0 radical (unpaired) electrons. The van der Waals surface area contributed by atoms with Crippen LogP contribution in [0, 0.1) is 5.92 Å². The van der Waals surface area contributed by atoms with Crippen LogP contribution in [0.2, 0.25) is 0 Å². The molecule has 0 saturated carbocycles. The van der Waals surface area contributed by atoms with Gasteiger partial charge in [0.2, 0.25) is 0 Å². The molecule has 2 atom stereocenters. The first kappa shape index (κ1) is 12.9. The van der Waals surface area contributed by atoms with Crippen molar-refractivity contribution in [3.8, 4) is 0 Å². The minimum atomic E-state index is -0.919. The Balaban J connectivity index is 0. The molecule has 3 nitrogen and oxygen atoms in total. The van der Waals surface area contributed by atoms with Crippen molar-refractivity contribution >= 4 is 5.97 Å². The molecule has 68 valence electrons. The Hall–Kier alpha value is -0.0900. The summed E-state index contributed by atoms with van der Waals surface area (Å²) in [5, 5.41) is 8.55. The molecule has 0 bridgehead atoms. The van der Waals surface area contributed by atoms with Gasteiger partial charge in [0, 0.05) is 0 Å². The molecule has 0 amide bonds. The second-order valence-electron chi connectivity index (χ2n) is 2.99. The van der Waals surface area contributed by atoms with Crippen molar-refractivity contribution in [2.24, 2.45) is 11.7 Å². The summed E-state index contributed by atoms with van der Waals surface area (Å²) in [6, 6.07) is -0.730. The molecular formula is C9H14NNaO2. The normalized spacial score (nSPS) is 22.1. The Bertz CT molecular complexity index is 231. The number of hydrogen-bond acceptors (Lipinski definition) is 2. The summed E-state index contributed by atoms with van der Waals surface area (Å²) in [7, 11) is 0. The summed E-state index contributed by atoms with van der Waals surface area (Å²) in [6.07, 6.45) is 9.35. The monoisotopic (exact) mass is 191 g/mol. The standard InChI is InChI=1S/C9H13NO2.Na.H/c10-8(9(11)12)6-7-4-2-1-3-5-7;;/h1-4,7-8H,5-6,10H2,(H,11,12);;/q;+1;-1. The van der Waals surface area contributed by atoms with E-state index < -0.39 is 12.0 Å². The fourth-order valence-electron chi connectivity index (χ4n) is 1.23. The maximum atomic E-state index is 10.4. The molecular weight excluding hydrogens is 177 g/mol. The van der Waals surface area contributed by atoms with Crippen molar-refractivity contribution in [3.05, 3.63) is 24.3 Å². The Morgan fingerprint density at radius 3 is 2.85 bits per heavy atom. The zero-order valence-corrected chi connectivity index (χ0v) is 9.81. The van der Waals surface area contributed by atoms with Crippen LogP contribution in [0.15, 0.2) is 24.3 Å². The van der Waals surface area contributed by atoms with E-state index in [1.165, 1.54) is 0 Å². The largest absolute Gasteiger partial charge is 1.00 e. The average Bonchev–Trinajstić information content (AvgIpc) is 2.06. The van der Waals surface area contributed by atoms with E-state index in [0.717, 1.165) is 6.42 Å². The molecule has 0 aromatic rings. The van der Waals surface area contributed by atoms with Crippen LogP contribution in [0.5, 0.6) is 0 Å². The first-order chi connectivity index (χ1) is 5.70. The van der Waals surface area contributed by atoms with Gasteiger partial charge in [-0.05, 0) is 18.8 Å². The number of nitrogens with two attached hydrogens (primary N) is 1. The molecule has 0 heterocycles. The quantitative estimate of drug-likeness (QED) is 0.509. The molecule has 0 fully saturated rings. The van der Waals surface area contributed by atoms with Crippen molar-refractivity contribution < 1.29 is 40.9 Å². The van der Waals surface area contributed by atoms with E-state index in [4.69, 9.17) is 10.8 Å². The summed E-state index contributed by atoms with van der Waals surface area (Å²) >= 11 is 0. The molecule has 0 aromatic carbocycles. The molecule has 1 aliphatic carbocycles. The van der Waals surface area contributed by atoms with Gasteiger partial charge in [-0.1, -0.05) is 24.3 Å². The Morgan fingerprint density at radius 2 is 2.38 bits per heavy atom.